The Morgan fingerprint density at radius 3 is 2.63 bits per heavy atom. The van der Waals surface area contributed by atoms with Crippen molar-refractivity contribution in [1.82, 2.24) is 9.62 Å². The fourth-order valence-electron chi connectivity index (χ4n) is 1.83. The first-order chi connectivity index (χ1) is 8.99. The zero-order valence-corrected chi connectivity index (χ0v) is 11.1. The summed E-state index contributed by atoms with van der Waals surface area (Å²) >= 11 is 0. The normalized spacial score (nSPS) is 17.1. The molecule has 19 heavy (non-hydrogen) atoms. The number of rotatable bonds is 4. The number of nitrogens with one attached hydrogen (secondary N) is 2. The molecule has 1 fully saturated rings. The molecule has 0 radical (unpaired) electrons. The average Bonchev–Trinajstić information content (AvgIpc) is 2.39. The third-order valence-corrected chi connectivity index (χ3v) is 4.35. The van der Waals surface area contributed by atoms with Gasteiger partial charge in [0.1, 0.15) is 0 Å². The molecule has 8 heteroatoms. The predicted molar refractivity (Wildman–Crippen MR) is 71.9 cm³/mol. The van der Waals surface area contributed by atoms with Crippen LogP contribution < -0.4 is 15.8 Å². The molecule has 1 saturated heterocycles. The van der Waals surface area contributed by atoms with Crippen LogP contribution in [-0.2, 0) is 10.2 Å². The van der Waals surface area contributed by atoms with Crippen molar-refractivity contribution >= 4 is 21.8 Å². The molecule has 4 N–H and O–H groups in total. The van der Waals surface area contributed by atoms with Gasteiger partial charge in [-0.15, -0.1) is 0 Å². The first-order valence-electron chi connectivity index (χ1n) is 5.87. The molecule has 1 aliphatic heterocycles. The van der Waals surface area contributed by atoms with Crippen LogP contribution in [-0.4, -0.2) is 44.8 Å². The summed E-state index contributed by atoms with van der Waals surface area (Å²) in [5.74, 6) is -0.594. The molecular formula is C11H16N4O3S. The zero-order valence-electron chi connectivity index (χ0n) is 10.3. The van der Waals surface area contributed by atoms with Crippen LogP contribution in [0.4, 0.5) is 5.69 Å². The van der Waals surface area contributed by atoms with Crippen LogP contribution in [0.2, 0.25) is 0 Å². The van der Waals surface area contributed by atoms with Crippen LogP contribution in [0.25, 0.3) is 0 Å². The molecule has 104 valence electrons. The second kappa shape index (κ2) is 5.55. The molecule has 0 saturated carbocycles. The molecule has 0 atom stereocenters. The van der Waals surface area contributed by atoms with E-state index in [1.165, 1.54) is 16.4 Å². The molecule has 7 nitrogen and oxygen atoms in total. The van der Waals surface area contributed by atoms with Gasteiger partial charge in [0.05, 0.1) is 5.69 Å². The van der Waals surface area contributed by atoms with Crippen molar-refractivity contribution < 1.29 is 13.2 Å². The molecule has 1 aliphatic rings. The van der Waals surface area contributed by atoms with Gasteiger partial charge in [-0.2, -0.15) is 12.7 Å². The maximum Gasteiger partial charge on any atom is 0.301 e. The van der Waals surface area contributed by atoms with Crippen molar-refractivity contribution in [2.24, 2.45) is 5.73 Å². The van der Waals surface area contributed by atoms with Gasteiger partial charge in [0.15, 0.2) is 0 Å². The highest BCUT2D eigenvalue weighted by Crippen LogP contribution is 2.14. The second-order valence-corrected chi connectivity index (χ2v) is 5.87. The number of nitrogens with two attached hydrogens (primary N) is 1. The number of primary amides is 1. The van der Waals surface area contributed by atoms with Crippen molar-refractivity contribution in [3.8, 4) is 0 Å². The molecule has 1 heterocycles. The molecule has 0 unspecified atom stereocenters. The van der Waals surface area contributed by atoms with E-state index in [9.17, 15) is 13.2 Å². The summed E-state index contributed by atoms with van der Waals surface area (Å²) in [7, 11) is -3.59. The third kappa shape index (κ3) is 3.43. The summed E-state index contributed by atoms with van der Waals surface area (Å²) in [6, 6.07) is 6.11. The van der Waals surface area contributed by atoms with Gasteiger partial charge in [0, 0.05) is 31.7 Å². The SMILES string of the molecule is NC(=O)c1cccc(NS(=O)(=O)N2CCNCC2)c1. The Balaban J connectivity index is 2.15. The van der Waals surface area contributed by atoms with E-state index in [1.807, 2.05) is 0 Å². The number of benzene rings is 1. The maximum absolute atomic E-state index is 12.1. The predicted octanol–water partition coefficient (Wildman–Crippen LogP) is -0.653. The molecule has 1 aromatic carbocycles. The Bertz CT molecular complexity index is 567. The van der Waals surface area contributed by atoms with Gasteiger partial charge >= 0.3 is 10.2 Å². The van der Waals surface area contributed by atoms with Gasteiger partial charge in [-0.05, 0) is 18.2 Å². The van der Waals surface area contributed by atoms with Gasteiger partial charge in [0.2, 0.25) is 5.91 Å². The molecule has 0 spiro atoms. The Kier molecular flexibility index (Phi) is 4.03. The van der Waals surface area contributed by atoms with Crippen molar-refractivity contribution in [3.63, 3.8) is 0 Å². The van der Waals surface area contributed by atoms with Crippen LogP contribution in [0.15, 0.2) is 24.3 Å². The van der Waals surface area contributed by atoms with Gasteiger partial charge in [-0.1, -0.05) is 6.07 Å². The van der Waals surface area contributed by atoms with E-state index >= 15 is 0 Å². The van der Waals surface area contributed by atoms with E-state index in [2.05, 4.69) is 10.0 Å². The minimum atomic E-state index is -3.59. The van der Waals surface area contributed by atoms with E-state index in [1.54, 1.807) is 12.1 Å². The van der Waals surface area contributed by atoms with Gasteiger partial charge in [0.25, 0.3) is 0 Å². The quantitative estimate of drug-likeness (QED) is 0.683. The molecule has 0 aliphatic carbocycles. The first kappa shape index (κ1) is 13.8. The summed E-state index contributed by atoms with van der Waals surface area (Å²) in [6.07, 6.45) is 0. The number of amides is 1. The number of carbonyl (C=O) groups excluding carboxylic acids is 1. The van der Waals surface area contributed by atoms with Gasteiger partial charge < -0.3 is 11.1 Å². The van der Waals surface area contributed by atoms with E-state index in [0.717, 1.165) is 0 Å². The number of carbonyl (C=O) groups is 1. The summed E-state index contributed by atoms with van der Waals surface area (Å²) in [5.41, 5.74) is 5.75. The van der Waals surface area contributed by atoms with Gasteiger partial charge in [-0.25, -0.2) is 0 Å². The number of piperazine rings is 1. The Hall–Kier alpha value is -1.64. The van der Waals surface area contributed by atoms with Crippen LogP contribution >= 0.6 is 0 Å². The highest BCUT2D eigenvalue weighted by Gasteiger charge is 2.23. The van der Waals surface area contributed by atoms with Gasteiger partial charge in [-0.3, -0.25) is 9.52 Å². The van der Waals surface area contributed by atoms with E-state index < -0.39 is 16.1 Å². The number of anilines is 1. The fourth-order valence-corrected chi connectivity index (χ4v) is 3.05. The molecule has 0 bridgehead atoms. The van der Waals surface area contributed by atoms with Crippen LogP contribution in [0.1, 0.15) is 10.4 Å². The number of hydrogen-bond donors (Lipinski definition) is 3. The first-order valence-corrected chi connectivity index (χ1v) is 7.31. The highest BCUT2D eigenvalue weighted by molar-refractivity contribution is 7.90. The summed E-state index contributed by atoms with van der Waals surface area (Å²) < 4.78 is 28.0. The minimum absolute atomic E-state index is 0.264. The zero-order chi connectivity index (χ0) is 13.9. The van der Waals surface area contributed by atoms with E-state index in [0.29, 0.717) is 31.9 Å². The monoisotopic (exact) mass is 284 g/mol. The third-order valence-electron chi connectivity index (χ3n) is 2.81. The molecule has 1 amide bonds. The van der Waals surface area contributed by atoms with Crippen molar-refractivity contribution in [1.29, 1.82) is 0 Å². The summed E-state index contributed by atoms with van der Waals surface area (Å²) in [5, 5.41) is 3.08. The lowest BCUT2D eigenvalue weighted by atomic mass is 10.2. The van der Waals surface area contributed by atoms with Crippen molar-refractivity contribution in [2.45, 2.75) is 0 Å². The van der Waals surface area contributed by atoms with E-state index in [-0.39, 0.29) is 5.56 Å². The fraction of sp³-hybridized carbons (Fsp3) is 0.364. The largest absolute Gasteiger partial charge is 0.366 e. The smallest absolute Gasteiger partial charge is 0.301 e. The van der Waals surface area contributed by atoms with Crippen LogP contribution in [0.5, 0.6) is 0 Å². The lowest BCUT2D eigenvalue weighted by Gasteiger charge is -2.26. The van der Waals surface area contributed by atoms with Crippen LogP contribution in [0.3, 0.4) is 0 Å². The standard InChI is InChI=1S/C11H16N4O3S/c12-11(16)9-2-1-3-10(8-9)14-19(17,18)15-6-4-13-5-7-15/h1-3,8,13-14H,4-7H2,(H2,12,16). The lowest BCUT2D eigenvalue weighted by Crippen LogP contribution is -2.48. The number of nitrogens with zero attached hydrogens (tertiary/aromatic N) is 1. The Labute approximate surface area is 112 Å². The molecule has 0 aromatic heterocycles. The molecule has 2 rings (SSSR count). The Morgan fingerprint density at radius 1 is 1.32 bits per heavy atom. The number of hydrogen-bond acceptors (Lipinski definition) is 4. The Morgan fingerprint density at radius 2 is 2.00 bits per heavy atom. The average molecular weight is 284 g/mol. The van der Waals surface area contributed by atoms with Crippen LogP contribution in [0, 0.1) is 0 Å². The highest BCUT2D eigenvalue weighted by atomic mass is 32.2. The molecule has 1 aromatic rings. The van der Waals surface area contributed by atoms with Crippen molar-refractivity contribution in [3.05, 3.63) is 29.8 Å². The second-order valence-electron chi connectivity index (χ2n) is 4.20. The minimum Gasteiger partial charge on any atom is -0.366 e. The lowest BCUT2D eigenvalue weighted by molar-refractivity contribution is 0.100. The van der Waals surface area contributed by atoms with E-state index in [4.69, 9.17) is 5.73 Å². The van der Waals surface area contributed by atoms with Crippen molar-refractivity contribution in [2.75, 3.05) is 30.9 Å². The molecular weight excluding hydrogens is 268 g/mol. The summed E-state index contributed by atoms with van der Waals surface area (Å²) in [6.45, 7) is 2.10. The summed E-state index contributed by atoms with van der Waals surface area (Å²) in [4.78, 5) is 11.0. The topological polar surface area (TPSA) is 105 Å². The maximum atomic E-state index is 12.1.